The molecule has 0 spiro atoms. The molecular weight excluding hydrogens is 444 g/mol. The Morgan fingerprint density at radius 1 is 1.00 bits per heavy atom. The summed E-state index contributed by atoms with van der Waals surface area (Å²) in [6.45, 7) is 7.22. The minimum Gasteiger partial charge on any atom is -0.355 e. The minimum atomic E-state index is -3.49. The van der Waals surface area contributed by atoms with Gasteiger partial charge >= 0.3 is 0 Å². The van der Waals surface area contributed by atoms with Gasteiger partial charge in [-0.05, 0) is 29.9 Å². The van der Waals surface area contributed by atoms with Gasteiger partial charge in [0.15, 0.2) is 0 Å². The normalized spacial score (nSPS) is 21.4. The molecule has 0 aliphatic carbocycles. The van der Waals surface area contributed by atoms with Crippen LogP contribution in [0.3, 0.4) is 0 Å². The Hall–Kier alpha value is -1.78. The van der Waals surface area contributed by atoms with Gasteiger partial charge in [-0.3, -0.25) is 14.6 Å². The number of benzene rings is 1. The third kappa shape index (κ3) is 5.96. The first-order chi connectivity index (χ1) is 15.5. The van der Waals surface area contributed by atoms with Gasteiger partial charge in [0, 0.05) is 58.9 Å². The molecule has 174 valence electrons. The van der Waals surface area contributed by atoms with E-state index in [1.807, 2.05) is 6.07 Å². The molecule has 1 N–H and O–H groups in total. The summed E-state index contributed by atoms with van der Waals surface area (Å²) in [6.07, 6.45) is 1.45. The highest BCUT2D eigenvalue weighted by atomic mass is 32.2. The Morgan fingerprint density at radius 3 is 2.47 bits per heavy atom. The van der Waals surface area contributed by atoms with Crippen molar-refractivity contribution in [2.75, 3.05) is 52.4 Å². The average Bonchev–Trinajstić information content (AvgIpc) is 3.37. The van der Waals surface area contributed by atoms with E-state index in [1.165, 1.54) is 21.2 Å². The molecule has 2 fully saturated rings. The average molecular weight is 477 g/mol. The number of amides is 1. The van der Waals surface area contributed by atoms with Crippen molar-refractivity contribution in [2.24, 2.45) is 5.92 Å². The molecule has 0 radical (unpaired) electrons. The molecule has 1 atom stereocenters. The summed E-state index contributed by atoms with van der Waals surface area (Å²) in [6, 6.07) is 13.9. The fourth-order valence-electron chi connectivity index (χ4n) is 4.41. The number of piperidine rings is 1. The zero-order valence-electron chi connectivity index (χ0n) is 18.4. The number of hydrogen-bond acceptors (Lipinski definition) is 6. The van der Waals surface area contributed by atoms with Gasteiger partial charge in [-0.2, -0.15) is 4.31 Å². The molecule has 4 rings (SSSR count). The Balaban J connectivity index is 1.18. The van der Waals surface area contributed by atoms with Crippen LogP contribution < -0.4 is 5.32 Å². The second-order valence-corrected chi connectivity index (χ2v) is 11.6. The Bertz CT molecular complexity index is 958. The highest BCUT2D eigenvalue weighted by Gasteiger charge is 2.33. The molecule has 32 heavy (non-hydrogen) atoms. The fraction of sp³-hybridized carbons (Fsp3) is 0.522. The Kier molecular flexibility index (Phi) is 7.96. The molecule has 2 aliphatic rings. The van der Waals surface area contributed by atoms with Crippen LogP contribution in [0.5, 0.6) is 0 Å². The lowest BCUT2D eigenvalue weighted by molar-refractivity contribution is -0.126. The first-order valence-electron chi connectivity index (χ1n) is 11.3. The van der Waals surface area contributed by atoms with Gasteiger partial charge < -0.3 is 5.32 Å². The second-order valence-electron chi connectivity index (χ2n) is 8.53. The Morgan fingerprint density at radius 2 is 1.75 bits per heavy atom. The molecular formula is C23H32N4O3S2. The van der Waals surface area contributed by atoms with E-state index in [-0.39, 0.29) is 18.4 Å². The Labute approximate surface area is 195 Å². The SMILES string of the molecule is O=C(NCCN1CCN(Cc2ccccc2)CC1)C1CCCN(S(=O)(=O)c2cccs2)C1. The molecule has 2 saturated heterocycles. The topological polar surface area (TPSA) is 73.0 Å². The highest BCUT2D eigenvalue weighted by molar-refractivity contribution is 7.91. The quantitative estimate of drug-likeness (QED) is 0.632. The lowest BCUT2D eigenvalue weighted by atomic mass is 9.99. The van der Waals surface area contributed by atoms with Crippen LogP contribution in [-0.2, 0) is 21.4 Å². The van der Waals surface area contributed by atoms with Crippen LogP contribution in [0.15, 0.2) is 52.1 Å². The number of carbonyl (C=O) groups excluding carboxylic acids is 1. The van der Waals surface area contributed by atoms with Crippen LogP contribution in [0.4, 0.5) is 0 Å². The van der Waals surface area contributed by atoms with Crippen LogP contribution in [-0.4, -0.2) is 80.8 Å². The third-order valence-electron chi connectivity index (χ3n) is 6.29. The molecule has 1 amide bonds. The van der Waals surface area contributed by atoms with Crippen molar-refractivity contribution in [3.63, 3.8) is 0 Å². The van der Waals surface area contributed by atoms with Crippen molar-refractivity contribution in [1.29, 1.82) is 0 Å². The summed E-state index contributed by atoms with van der Waals surface area (Å²) in [4.78, 5) is 17.5. The standard InChI is InChI=1S/C23H32N4O3S2/c28-23(21-8-4-11-27(19-21)32(29,30)22-9-5-17-31-22)24-10-12-25-13-15-26(16-14-25)18-20-6-2-1-3-7-20/h1-3,5-7,9,17,21H,4,8,10-16,18-19H2,(H,24,28). The van der Waals surface area contributed by atoms with Gasteiger partial charge in [0.05, 0.1) is 5.92 Å². The number of rotatable bonds is 8. The lowest BCUT2D eigenvalue weighted by Gasteiger charge is -2.35. The largest absolute Gasteiger partial charge is 0.355 e. The summed E-state index contributed by atoms with van der Waals surface area (Å²) < 4.78 is 27.4. The van der Waals surface area contributed by atoms with Crippen molar-refractivity contribution < 1.29 is 13.2 Å². The van der Waals surface area contributed by atoms with Crippen molar-refractivity contribution in [3.8, 4) is 0 Å². The van der Waals surface area contributed by atoms with E-state index in [1.54, 1.807) is 17.5 Å². The highest BCUT2D eigenvalue weighted by Crippen LogP contribution is 2.26. The van der Waals surface area contributed by atoms with E-state index in [4.69, 9.17) is 0 Å². The van der Waals surface area contributed by atoms with E-state index in [0.717, 1.165) is 45.7 Å². The van der Waals surface area contributed by atoms with Crippen molar-refractivity contribution in [3.05, 3.63) is 53.4 Å². The van der Waals surface area contributed by atoms with E-state index >= 15 is 0 Å². The van der Waals surface area contributed by atoms with Crippen LogP contribution in [0.2, 0.25) is 0 Å². The monoisotopic (exact) mass is 476 g/mol. The summed E-state index contributed by atoms with van der Waals surface area (Å²) in [5.74, 6) is -0.306. The van der Waals surface area contributed by atoms with E-state index in [0.29, 0.717) is 23.7 Å². The first kappa shape index (κ1) is 23.4. The number of carbonyl (C=O) groups is 1. The molecule has 7 nitrogen and oxygen atoms in total. The number of sulfonamides is 1. The zero-order chi connectivity index (χ0) is 22.4. The van der Waals surface area contributed by atoms with Crippen LogP contribution in [0.1, 0.15) is 18.4 Å². The van der Waals surface area contributed by atoms with Gasteiger partial charge in [0.1, 0.15) is 4.21 Å². The predicted octanol–water partition coefficient (Wildman–Crippen LogP) is 2.08. The molecule has 9 heteroatoms. The summed E-state index contributed by atoms with van der Waals surface area (Å²) in [7, 11) is -3.49. The maximum Gasteiger partial charge on any atom is 0.252 e. The van der Waals surface area contributed by atoms with Gasteiger partial charge in [0.2, 0.25) is 5.91 Å². The van der Waals surface area contributed by atoms with Crippen molar-refractivity contribution >= 4 is 27.3 Å². The zero-order valence-corrected chi connectivity index (χ0v) is 20.0. The van der Waals surface area contributed by atoms with Crippen LogP contribution >= 0.6 is 11.3 Å². The summed E-state index contributed by atoms with van der Waals surface area (Å²) in [5, 5.41) is 4.81. The number of nitrogens with one attached hydrogen (secondary N) is 1. The van der Waals surface area contributed by atoms with Crippen molar-refractivity contribution in [2.45, 2.75) is 23.6 Å². The van der Waals surface area contributed by atoms with Gasteiger partial charge in [-0.15, -0.1) is 11.3 Å². The van der Waals surface area contributed by atoms with E-state index in [9.17, 15) is 13.2 Å². The molecule has 0 bridgehead atoms. The third-order valence-corrected chi connectivity index (χ3v) is 9.52. The molecule has 3 heterocycles. The van der Waals surface area contributed by atoms with Gasteiger partial charge in [-0.1, -0.05) is 36.4 Å². The van der Waals surface area contributed by atoms with Gasteiger partial charge in [-0.25, -0.2) is 8.42 Å². The molecule has 1 aromatic carbocycles. The maximum absolute atomic E-state index is 12.8. The molecule has 0 saturated carbocycles. The summed E-state index contributed by atoms with van der Waals surface area (Å²) >= 11 is 1.22. The minimum absolute atomic E-state index is 0.0289. The van der Waals surface area contributed by atoms with E-state index in [2.05, 4.69) is 39.4 Å². The predicted molar refractivity (Wildman–Crippen MR) is 127 cm³/mol. The number of nitrogens with zero attached hydrogens (tertiary/aromatic N) is 3. The second kappa shape index (κ2) is 10.9. The lowest BCUT2D eigenvalue weighted by Crippen LogP contribution is -2.49. The number of hydrogen-bond donors (Lipinski definition) is 1. The number of thiophene rings is 1. The number of piperazine rings is 1. The van der Waals surface area contributed by atoms with E-state index < -0.39 is 10.0 Å². The van der Waals surface area contributed by atoms with Gasteiger partial charge in [0.25, 0.3) is 10.0 Å². The first-order valence-corrected chi connectivity index (χ1v) is 13.6. The molecule has 1 aromatic heterocycles. The van der Waals surface area contributed by atoms with Crippen LogP contribution in [0, 0.1) is 5.92 Å². The molecule has 2 aliphatic heterocycles. The smallest absolute Gasteiger partial charge is 0.252 e. The molecule has 2 aromatic rings. The maximum atomic E-state index is 12.8. The van der Waals surface area contributed by atoms with Crippen molar-refractivity contribution in [1.82, 2.24) is 19.4 Å². The summed E-state index contributed by atoms with van der Waals surface area (Å²) in [5.41, 5.74) is 1.34. The van der Waals surface area contributed by atoms with Crippen LogP contribution in [0.25, 0.3) is 0 Å². The molecule has 1 unspecified atom stereocenters. The fourth-order valence-corrected chi connectivity index (χ4v) is 7.07.